The van der Waals surface area contributed by atoms with Crippen LogP contribution in [0.4, 0.5) is 17.1 Å². The first-order valence-corrected chi connectivity index (χ1v) is 9.37. The van der Waals surface area contributed by atoms with Crippen LogP contribution in [0.15, 0.2) is 36.4 Å². The maximum Gasteiger partial charge on any atom is 0.294 e. The summed E-state index contributed by atoms with van der Waals surface area (Å²) >= 11 is 6.25. The van der Waals surface area contributed by atoms with Gasteiger partial charge in [0.05, 0.1) is 15.6 Å². The summed E-state index contributed by atoms with van der Waals surface area (Å²) in [6.45, 7) is 4.71. The van der Waals surface area contributed by atoms with Crippen molar-refractivity contribution in [2.75, 3.05) is 16.8 Å². The minimum atomic E-state index is -0.422. The van der Waals surface area contributed by atoms with Crippen molar-refractivity contribution in [3.05, 3.63) is 62.7 Å². The van der Waals surface area contributed by atoms with E-state index >= 15 is 0 Å². The van der Waals surface area contributed by atoms with Crippen LogP contribution < -0.4 is 10.2 Å². The van der Waals surface area contributed by atoms with E-state index in [0.29, 0.717) is 16.9 Å². The normalized spacial score (nSPS) is 16.9. The largest absolute Gasteiger partial charge is 0.363 e. The molecule has 0 aliphatic carbocycles. The Morgan fingerprint density at radius 3 is 2.74 bits per heavy atom. The van der Waals surface area contributed by atoms with Gasteiger partial charge in [0.2, 0.25) is 0 Å². The summed E-state index contributed by atoms with van der Waals surface area (Å²) in [6, 6.07) is 10.4. The average Bonchev–Trinajstić information content (AvgIpc) is 2.63. The highest BCUT2D eigenvalue weighted by Crippen LogP contribution is 2.39. The third-order valence-electron chi connectivity index (χ3n) is 4.90. The quantitative estimate of drug-likeness (QED) is 0.578. The number of rotatable bonds is 4. The Kier molecular flexibility index (Phi) is 5.65. The number of anilines is 2. The highest BCUT2D eigenvalue weighted by atomic mass is 35.5. The minimum absolute atomic E-state index is 0.0395. The molecule has 1 N–H and O–H groups in total. The Hall–Kier alpha value is -2.60. The molecule has 1 saturated heterocycles. The van der Waals surface area contributed by atoms with Gasteiger partial charge < -0.3 is 10.2 Å². The summed E-state index contributed by atoms with van der Waals surface area (Å²) < 4.78 is 0. The number of hydrogen-bond donors (Lipinski definition) is 1. The lowest BCUT2D eigenvalue weighted by molar-refractivity contribution is -0.384. The van der Waals surface area contributed by atoms with Gasteiger partial charge in [-0.2, -0.15) is 0 Å². The Morgan fingerprint density at radius 1 is 1.30 bits per heavy atom. The maximum absolute atomic E-state index is 12.6. The van der Waals surface area contributed by atoms with Gasteiger partial charge in [0.15, 0.2) is 0 Å². The molecule has 1 amide bonds. The van der Waals surface area contributed by atoms with Crippen molar-refractivity contribution < 1.29 is 9.72 Å². The number of nitrogens with one attached hydrogen (secondary N) is 1. The standard InChI is InChI=1S/C20H22ClN3O3/c1-13-6-5-8-15(10-13)20(25)22-17-12-18(19(24(26)27)11-16(17)21)23-9-4-3-7-14(23)2/h5-6,8,10-12,14H,3-4,7,9H2,1-2H3,(H,22,25)/t14-/m1/s1. The second-order valence-corrected chi connectivity index (χ2v) is 7.35. The van der Waals surface area contributed by atoms with Crippen molar-refractivity contribution in [3.8, 4) is 0 Å². The molecular weight excluding hydrogens is 366 g/mol. The Labute approximate surface area is 163 Å². The smallest absolute Gasteiger partial charge is 0.294 e. The summed E-state index contributed by atoms with van der Waals surface area (Å²) in [5.74, 6) is -0.299. The van der Waals surface area contributed by atoms with Crippen LogP contribution in [0.5, 0.6) is 0 Å². The van der Waals surface area contributed by atoms with Crippen LogP contribution in [0.1, 0.15) is 42.1 Å². The van der Waals surface area contributed by atoms with Crippen LogP contribution in [0.2, 0.25) is 5.02 Å². The molecule has 2 aromatic rings. The predicted octanol–water partition coefficient (Wildman–Crippen LogP) is 5.19. The zero-order valence-corrected chi connectivity index (χ0v) is 16.1. The third-order valence-corrected chi connectivity index (χ3v) is 5.21. The first kappa shape index (κ1) is 19.2. The van der Waals surface area contributed by atoms with E-state index in [1.54, 1.807) is 18.2 Å². The number of carbonyl (C=O) groups excluding carboxylic acids is 1. The number of amides is 1. The van der Waals surface area contributed by atoms with Crippen molar-refractivity contribution >= 4 is 34.6 Å². The summed E-state index contributed by atoms with van der Waals surface area (Å²) in [5, 5.41) is 14.5. The zero-order valence-electron chi connectivity index (χ0n) is 15.4. The van der Waals surface area contributed by atoms with Gasteiger partial charge in [-0.05, 0) is 51.3 Å². The maximum atomic E-state index is 12.6. The van der Waals surface area contributed by atoms with Gasteiger partial charge in [0.25, 0.3) is 11.6 Å². The summed E-state index contributed by atoms with van der Waals surface area (Å²) in [7, 11) is 0. The second kappa shape index (κ2) is 7.96. The molecule has 0 spiro atoms. The number of halogens is 1. The number of nitro benzene ring substituents is 1. The lowest BCUT2D eigenvalue weighted by Gasteiger charge is -2.35. The molecule has 1 aliphatic rings. The fraction of sp³-hybridized carbons (Fsp3) is 0.350. The number of carbonyl (C=O) groups is 1. The first-order valence-electron chi connectivity index (χ1n) is 8.99. The van der Waals surface area contributed by atoms with Crippen molar-refractivity contribution in [2.24, 2.45) is 0 Å². The molecule has 0 bridgehead atoms. The lowest BCUT2D eigenvalue weighted by Crippen LogP contribution is -2.37. The van der Waals surface area contributed by atoms with Crippen molar-refractivity contribution in [1.82, 2.24) is 0 Å². The van der Waals surface area contributed by atoms with Gasteiger partial charge in [0, 0.05) is 24.2 Å². The summed E-state index contributed by atoms with van der Waals surface area (Å²) in [4.78, 5) is 25.7. The van der Waals surface area contributed by atoms with Crippen molar-refractivity contribution in [1.29, 1.82) is 0 Å². The Bertz CT molecular complexity index is 885. The van der Waals surface area contributed by atoms with Crippen LogP contribution in [-0.2, 0) is 0 Å². The number of benzene rings is 2. The topological polar surface area (TPSA) is 75.5 Å². The molecule has 27 heavy (non-hydrogen) atoms. The molecule has 3 rings (SSSR count). The van der Waals surface area contributed by atoms with E-state index in [-0.39, 0.29) is 22.7 Å². The van der Waals surface area contributed by atoms with E-state index in [1.165, 1.54) is 6.07 Å². The molecule has 2 aromatic carbocycles. The van der Waals surface area contributed by atoms with Gasteiger partial charge in [-0.1, -0.05) is 29.3 Å². The predicted molar refractivity (Wildman–Crippen MR) is 108 cm³/mol. The molecule has 0 unspecified atom stereocenters. The van der Waals surface area contributed by atoms with Gasteiger partial charge in [0.1, 0.15) is 5.69 Å². The lowest BCUT2D eigenvalue weighted by atomic mass is 10.0. The zero-order chi connectivity index (χ0) is 19.6. The molecule has 0 radical (unpaired) electrons. The summed E-state index contributed by atoms with van der Waals surface area (Å²) in [6.07, 6.45) is 3.07. The van der Waals surface area contributed by atoms with Crippen molar-refractivity contribution in [2.45, 2.75) is 39.2 Å². The number of piperidine rings is 1. The summed E-state index contributed by atoms with van der Waals surface area (Å²) in [5.41, 5.74) is 2.32. The van der Waals surface area contributed by atoms with E-state index < -0.39 is 4.92 Å². The highest BCUT2D eigenvalue weighted by molar-refractivity contribution is 6.34. The molecule has 1 aliphatic heterocycles. The highest BCUT2D eigenvalue weighted by Gasteiger charge is 2.27. The van der Waals surface area contributed by atoms with Crippen molar-refractivity contribution in [3.63, 3.8) is 0 Å². The second-order valence-electron chi connectivity index (χ2n) is 6.94. The minimum Gasteiger partial charge on any atom is -0.363 e. The van der Waals surface area contributed by atoms with Gasteiger partial charge in [-0.25, -0.2) is 0 Å². The Morgan fingerprint density at radius 2 is 2.07 bits per heavy atom. The van der Waals surface area contributed by atoms with Crippen LogP contribution in [-0.4, -0.2) is 23.4 Å². The van der Waals surface area contributed by atoms with E-state index in [1.807, 2.05) is 24.0 Å². The first-order chi connectivity index (χ1) is 12.9. The fourth-order valence-electron chi connectivity index (χ4n) is 3.46. The monoisotopic (exact) mass is 387 g/mol. The van der Waals surface area contributed by atoms with E-state index in [4.69, 9.17) is 11.6 Å². The molecule has 142 valence electrons. The molecular formula is C20H22ClN3O3. The van der Waals surface area contributed by atoms with Crippen LogP contribution in [0.25, 0.3) is 0 Å². The van der Waals surface area contributed by atoms with Crippen LogP contribution in [0.3, 0.4) is 0 Å². The number of hydrogen-bond acceptors (Lipinski definition) is 4. The van der Waals surface area contributed by atoms with Crippen LogP contribution in [0, 0.1) is 17.0 Å². The third kappa shape index (κ3) is 4.22. The molecule has 1 fully saturated rings. The molecule has 0 saturated carbocycles. The van der Waals surface area contributed by atoms with Gasteiger partial charge in [-0.3, -0.25) is 14.9 Å². The molecule has 6 nitrogen and oxygen atoms in total. The molecule has 7 heteroatoms. The van der Waals surface area contributed by atoms with E-state index in [0.717, 1.165) is 31.4 Å². The van der Waals surface area contributed by atoms with E-state index in [2.05, 4.69) is 12.2 Å². The molecule has 0 aromatic heterocycles. The average molecular weight is 388 g/mol. The number of aryl methyl sites for hydroxylation is 1. The number of nitro groups is 1. The van der Waals surface area contributed by atoms with Gasteiger partial charge in [-0.15, -0.1) is 0 Å². The molecule has 1 heterocycles. The number of nitrogens with zero attached hydrogens (tertiary/aromatic N) is 2. The Balaban J connectivity index is 1.97. The van der Waals surface area contributed by atoms with E-state index in [9.17, 15) is 14.9 Å². The molecule has 1 atom stereocenters. The van der Waals surface area contributed by atoms with Gasteiger partial charge >= 0.3 is 0 Å². The fourth-order valence-corrected chi connectivity index (χ4v) is 3.67. The SMILES string of the molecule is Cc1cccc(C(=O)Nc2cc(N3CCCC[C@H]3C)c([N+](=O)[O-])cc2Cl)c1. The van der Waals surface area contributed by atoms with Crippen LogP contribution >= 0.6 is 11.6 Å².